The van der Waals surface area contributed by atoms with Gasteiger partial charge in [-0.05, 0) is 61.7 Å². The molecule has 4 aromatic rings. The number of anilines is 1. The minimum atomic E-state index is -0.297. The molecule has 5 rings (SSSR count). The molecular formula is C24H23ClFN5OS. The van der Waals surface area contributed by atoms with Crippen LogP contribution in [-0.2, 0) is 11.3 Å². The number of amides is 1. The van der Waals surface area contributed by atoms with E-state index in [-0.39, 0.29) is 17.6 Å². The molecule has 0 saturated carbocycles. The Balaban J connectivity index is 1.32. The van der Waals surface area contributed by atoms with E-state index in [1.165, 1.54) is 12.1 Å². The van der Waals surface area contributed by atoms with Gasteiger partial charge in [0.05, 0.1) is 22.0 Å². The Morgan fingerprint density at radius 3 is 2.88 bits per heavy atom. The lowest BCUT2D eigenvalue weighted by Gasteiger charge is -2.31. The largest absolute Gasteiger partial charge is 0.352 e. The number of fused-ring (bicyclic) bond motifs is 1. The van der Waals surface area contributed by atoms with Gasteiger partial charge in [-0.15, -0.1) is 0 Å². The summed E-state index contributed by atoms with van der Waals surface area (Å²) in [4.78, 5) is 19.9. The van der Waals surface area contributed by atoms with Crippen LogP contribution < -0.4 is 10.2 Å². The topological polar surface area (TPSA) is 63.1 Å². The third-order valence-corrected chi connectivity index (χ3v) is 7.33. The highest BCUT2D eigenvalue weighted by Crippen LogP contribution is 2.34. The van der Waals surface area contributed by atoms with Crippen molar-refractivity contribution in [2.24, 2.45) is 5.92 Å². The number of carbonyl (C=O) groups excluding carboxylic acids is 1. The summed E-state index contributed by atoms with van der Waals surface area (Å²) in [6.07, 6.45) is 1.74. The van der Waals surface area contributed by atoms with Gasteiger partial charge in [-0.1, -0.05) is 35.1 Å². The monoisotopic (exact) mass is 483 g/mol. The quantitative estimate of drug-likeness (QED) is 0.428. The van der Waals surface area contributed by atoms with Gasteiger partial charge >= 0.3 is 0 Å². The van der Waals surface area contributed by atoms with Crippen LogP contribution in [0, 0.1) is 18.7 Å². The van der Waals surface area contributed by atoms with Crippen molar-refractivity contribution in [2.45, 2.75) is 26.3 Å². The van der Waals surface area contributed by atoms with E-state index in [0.717, 1.165) is 51.8 Å². The molecule has 0 radical (unpaired) electrons. The normalized spacial score (nSPS) is 16.3. The Morgan fingerprint density at radius 2 is 2.09 bits per heavy atom. The van der Waals surface area contributed by atoms with Gasteiger partial charge in [-0.2, -0.15) is 10.1 Å². The predicted octanol–water partition coefficient (Wildman–Crippen LogP) is 5.12. The molecule has 2 aromatic heterocycles. The van der Waals surface area contributed by atoms with E-state index >= 15 is 0 Å². The molecule has 1 amide bonds. The Bertz CT molecular complexity index is 1300. The van der Waals surface area contributed by atoms with E-state index < -0.39 is 0 Å². The first-order valence-corrected chi connectivity index (χ1v) is 12.1. The molecule has 1 atom stereocenters. The van der Waals surface area contributed by atoms with Gasteiger partial charge in [0.15, 0.2) is 10.8 Å². The number of nitrogens with one attached hydrogen (secondary N) is 1. The molecule has 1 fully saturated rings. The number of halogens is 2. The first-order valence-electron chi connectivity index (χ1n) is 10.9. The van der Waals surface area contributed by atoms with Gasteiger partial charge in [0, 0.05) is 24.7 Å². The Kier molecular flexibility index (Phi) is 6.03. The molecule has 1 aliphatic heterocycles. The number of carbonyl (C=O) groups is 1. The van der Waals surface area contributed by atoms with Crippen LogP contribution in [0.3, 0.4) is 0 Å². The minimum Gasteiger partial charge on any atom is -0.352 e. The fraction of sp³-hybridized carbons (Fsp3) is 0.292. The van der Waals surface area contributed by atoms with Crippen LogP contribution in [0.4, 0.5) is 9.52 Å². The molecule has 0 spiro atoms. The van der Waals surface area contributed by atoms with Gasteiger partial charge in [0.1, 0.15) is 5.82 Å². The van der Waals surface area contributed by atoms with Crippen LogP contribution in [-0.4, -0.2) is 33.8 Å². The Hall–Kier alpha value is -2.97. The average Bonchev–Trinajstić information content (AvgIpc) is 3.39. The maximum Gasteiger partial charge on any atom is 0.225 e. The van der Waals surface area contributed by atoms with E-state index in [9.17, 15) is 9.18 Å². The first kappa shape index (κ1) is 21.9. The zero-order valence-corrected chi connectivity index (χ0v) is 19.7. The second kappa shape index (κ2) is 9.11. The summed E-state index contributed by atoms with van der Waals surface area (Å²) in [5.41, 5.74) is 3.39. The lowest BCUT2D eigenvalue weighted by atomic mass is 9.97. The highest BCUT2D eigenvalue weighted by atomic mass is 35.5. The van der Waals surface area contributed by atoms with E-state index in [2.05, 4.69) is 15.3 Å². The molecule has 1 saturated heterocycles. The minimum absolute atomic E-state index is 0.00593. The SMILES string of the molecule is Cc1nn(-c2ccc(Cl)cc2)c2nc(N3CCC[C@H](C(=O)NCc4cccc(F)c4)C3)sc12. The second-order valence-corrected chi connectivity index (χ2v) is 9.67. The number of rotatable bonds is 5. The Morgan fingerprint density at radius 1 is 1.27 bits per heavy atom. The van der Waals surface area contributed by atoms with E-state index in [1.807, 2.05) is 41.9 Å². The van der Waals surface area contributed by atoms with Gasteiger partial charge < -0.3 is 10.2 Å². The third kappa shape index (κ3) is 4.58. The smallest absolute Gasteiger partial charge is 0.225 e. The number of thiazole rings is 1. The average molecular weight is 484 g/mol. The third-order valence-electron chi connectivity index (χ3n) is 5.87. The van der Waals surface area contributed by atoms with Crippen LogP contribution in [0.1, 0.15) is 24.1 Å². The van der Waals surface area contributed by atoms with Gasteiger partial charge in [-0.3, -0.25) is 4.79 Å². The number of benzene rings is 2. The van der Waals surface area contributed by atoms with Crippen LogP contribution in [0.5, 0.6) is 0 Å². The molecule has 2 aromatic carbocycles. The van der Waals surface area contributed by atoms with Crippen LogP contribution >= 0.6 is 22.9 Å². The lowest BCUT2D eigenvalue weighted by molar-refractivity contribution is -0.125. The molecule has 1 aliphatic rings. The molecule has 170 valence electrons. The molecule has 0 unspecified atom stereocenters. The fourth-order valence-electron chi connectivity index (χ4n) is 4.17. The summed E-state index contributed by atoms with van der Waals surface area (Å²) in [5.74, 6) is -0.435. The van der Waals surface area contributed by atoms with E-state index in [0.29, 0.717) is 18.1 Å². The summed E-state index contributed by atoms with van der Waals surface area (Å²) < 4.78 is 16.3. The van der Waals surface area contributed by atoms with Crippen LogP contribution in [0.15, 0.2) is 48.5 Å². The van der Waals surface area contributed by atoms with Crippen molar-refractivity contribution in [3.05, 3.63) is 70.6 Å². The Labute approximate surface area is 200 Å². The zero-order valence-electron chi connectivity index (χ0n) is 18.1. The number of aryl methyl sites for hydroxylation is 1. The summed E-state index contributed by atoms with van der Waals surface area (Å²) in [6.45, 7) is 3.77. The van der Waals surface area contributed by atoms with Gasteiger partial charge in [-0.25, -0.2) is 9.07 Å². The number of hydrogen-bond donors (Lipinski definition) is 1. The van der Waals surface area contributed by atoms with Crippen molar-refractivity contribution >= 4 is 44.3 Å². The highest BCUT2D eigenvalue weighted by Gasteiger charge is 2.28. The lowest BCUT2D eigenvalue weighted by Crippen LogP contribution is -2.43. The van der Waals surface area contributed by atoms with Crippen molar-refractivity contribution in [1.82, 2.24) is 20.1 Å². The van der Waals surface area contributed by atoms with Crippen molar-refractivity contribution < 1.29 is 9.18 Å². The van der Waals surface area contributed by atoms with Crippen molar-refractivity contribution in [3.8, 4) is 5.69 Å². The summed E-state index contributed by atoms with van der Waals surface area (Å²) >= 11 is 7.64. The van der Waals surface area contributed by atoms with Crippen molar-refractivity contribution in [2.75, 3.05) is 18.0 Å². The molecule has 33 heavy (non-hydrogen) atoms. The van der Waals surface area contributed by atoms with E-state index in [1.54, 1.807) is 17.4 Å². The van der Waals surface area contributed by atoms with Gasteiger partial charge in [0.25, 0.3) is 0 Å². The zero-order chi connectivity index (χ0) is 22.9. The fourth-order valence-corrected chi connectivity index (χ4v) is 5.31. The van der Waals surface area contributed by atoms with E-state index in [4.69, 9.17) is 16.6 Å². The predicted molar refractivity (Wildman–Crippen MR) is 130 cm³/mol. The number of nitrogens with zero attached hydrogens (tertiary/aromatic N) is 4. The molecule has 1 N–H and O–H groups in total. The van der Waals surface area contributed by atoms with Crippen LogP contribution in [0.25, 0.3) is 16.0 Å². The number of piperidine rings is 1. The van der Waals surface area contributed by atoms with Crippen molar-refractivity contribution in [3.63, 3.8) is 0 Å². The molecule has 6 nitrogen and oxygen atoms in total. The summed E-state index contributed by atoms with van der Waals surface area (Å²) in [5, 5.41) is 9.18. The standard InChI is InChI=1S/C24H23ClFN5OS/c1-15-21-22(31(29-15)20-9-7-18(25)8-10-20)28-24(33-21)30-11-3-5-17(14-30)23(32)27-13-16-4-2-6-19(26)12-16/h2,4,6-10,12,17H,3,5,11,13-14H2,1H3,(H,27,32)/t17-/m0/s1. The first-order chi connectivity index (χ1) is 16.0. The maximum absolute atomic E-state index is 13.4. The number of aromatic nitrogens is 3. The summed E-state index contributed by atoms with van der Waals surface area (Å²) in [7, 11) is 0. The second-order valence-electron chi connectivity index (χ2n) is 8.26. The number of hydrogen-bond acceptors (Lipinski definition) is 5. The van der Waals surface area contributed by atoms with Crippen molar-refractivity contribution in [1.29, 1.82) is 0 Å². The molecule has 3 heterocycles. The molecule has 9 heteroatoms. The van der Waals surface area contributed by atoms with Gasteiger partial charge in [0.2, 0.25) is 5.91 Å². The van der Waals surface area contributed by atoms with Crippen LogP contribution in [0.2, 0.25) is 5.02 Å². The maximum atomic E-state index is 13.4. The molecule has 0 aliphatic carbocycles. The highest BCUT2D eigenvalue weighted by molar-refractivity contribution is 7.22. The molecular weight excluding hydrogens is 461 g/mol. The summed E-state index contributed by atoms with van der Waals surface area (Å²) in [6, 6.07) is 13.8. The molecule has 0 bridgehead atoms.